The minimum absolute atomic E-state index is 0.722. The summed E-state index contributed by atoms with van der Waals surface area (Å²) in [6.07, 6.45) is 6.68. The zero-order valence-corrected chi connectivity index (χ0v) is 15.5. The van der Waals surface area contributed by atoms with E-state index in [0.29, 0.717) is 0 Å². The Labute approximate surface area is 121 Å². The molecule has 0 aromatic heterocycles. The maximum atomic E-state index is 9.14. The van der Waals surface area contributed by atoms with Crippen LogP contribution in [0.4, 0.5) is 0 Å². The van der Waals surface area contributed by atoms with Gasteiger partial charge in [-0.2, -0.15) is 0 Å². The van der Waals surface area contributed by atoms with Crippen molar-refractivity contribution in [2.75, 3.05) is 0 Å². The summed E-state index contributed by atoms with van der Waals surface area (Å²) in [4.78, 5) is 9.14. The Hall–Kier alpha value is 0.00870. The van der Waals surface area contributed by atoms with Gasteiger partial charge in [0, 0.05) is 0 Å². The molecule has 0 N–H and O–H groups in total. The van der Waals surface area contributed by atoms with Crippen molar-refractivity contribution in [3.05, 3.63) is 12.7 Å². The van der Waals surface area contributed by atoms with Crippen LogP contribution < -0.4 is 5.11 Å². The summed E-state index contributed by atoms with van der Waals surface area (Å²) in [5.74, 6) is -0.319. The molecule has 0 unspecified atom stereocenters. The Morgan fingerprint density at radius 3 is 2.06 bits per heavy atom. The van der Waals surface area contributed by atoms with Crippen molar-refractivity contribution in [3.63, 3.8) is 0 Å². The fraction of sp³-hybridized carbons (Fsp3) is 0.800. The molecule has 18 heavy (non-hydrogen) atoms. The number of carboxylic acid groups (broad SMARTS) is 1. The molecule has 0 amide bonds. The molecule has 0 heterocycles. The Balaban J connectivity index is 0. The van der Waals surface area contributed by atoms with Crippen LogP contribution in [0, 0.1) is 5.92 Å². The minimum atomic E-state index is -1.23. The zero-order chi connectivity index (χ0) is 14.4. The fourth-order valence-electron chi connectivity index (χ4n) is 1.71. The van der Waals surface area contributed by atoms with Crippen LogP contribution in [0.3, 0.4) is 0 Å². The second kappa shape index (κ2) is 15.1. The summed E-state index contributed by atoms with van der Waals surface area (Å²) >= 11 is -0.783. The first-order valence-corrected chi connectivity index (χ1v) is 13.2. The van der Waals surface area contributed by atoms with Crippen molar-refractivity contribution in [3.8, 4) is 0 Å². The first-order valence-electron chi connectivity index (χ1n) is 7.14. The molecule has 0 aliphatic heterocycles. The Morgan fingerprint density at radius 1 is 1.22 bits per heavy atom. The SMILES string of the molecule is C=CC(=O)[O-].C[CH2][Sn+]([CH2]C)[CH2]CCCCC(C)C. The number of aliphatic carboxylic acids is 1. The summed E-state index contributed by atoms with van der Waals surface area (Å²) in [7, 11) is 0. The molecular formula is C15H30O2Sn. The molecule has 0 aliphatic rings. The van der Waals surface area contributed by atoms with Gasteiger partial charge in [0.05, 0.1) is 5.97 Å². The molecule has 0 atom stereocenters. The van der Waals surface area contributed by atoms with Crippen LogP contribution in [0.15, 0.2) is 12.7 Å². The molecule has 0 spiro atoms. The summed E-state index contributed by atoms with van der Waals surface area (Å²) in [6.45, 7) is 12.4. The van der Waals surface area contributed by atoms with E-state index in [9.17, 15) is 0 Å². The number of carboxylic acids is 1. The molecule has 0 radical (unpaired) electrons. The van der Waals surface area contributed by atoms with E-state index < -0.39 is 25.7 Å². The Kier molecular flexibility index (Phi) is 17.0. The van der Waals surface area contributed by atoms with E-state index in [1.807, 2.05) is 0 Å². The molecule has 0 saturated heterocycles. The van der Waals surface area contributed by atoms with Crippen LogP contribution in [0.2, 0.25) is 13.3 Å². The van der Waals surface area contributed by atoms with Crippen molar-refractivity contribution in [1.82, 2.24) is 0 Å². The maximum absolute atomic E-state index is 9.14. The normalized spacial score (nSPS) is 9.61. The van der Waals surface area contributed by atoms with E-state index in [1.54, 1.807) is 19.7 Å². The van der Waals surface area contributed by atoms with E-state index in [2.05, 4.69) is 34.3 Å². The first-order chi connectivity index (χ1) is 8.47. The van der Waals surface area contributed by atoms with E-state index >= 15 is 0 Å². The number of hydrogen-bond donors (Lipinski definition) is 0. The van der Waals surface area contributed by atoms with Gasteiger partial charge >= 0.3 is 92.4 Å². The quantitative estimate of drug-likeness (QED) is 0.357. The van der Waals surface area contributed by atoms with Gasteiger partial charge in [-0.05, 0) is 6.08 Å². The van der Waals surface area contributed by atoms with Gasteiger partial charge in [-0.25, -0.2) is 0 Å². The summed E-state index contributed by atoms with van der Waals surface area (Å²) in [5, 5.41) is 9.14. The van der Waals surface area contributed by atoms with E-state index in [-0.39, 0.29) is 0 Å². The average Bonchev–Trinajstić information content (AvgIpc) is 2.34. The summed E-state index contributed by atoms with van der Waals surface area (Å²) in [5.41, 5.74) is 0. The van der Waals surface area contributed by atoms with Gasteiger partial charge in [-0.15, -0.1) is 0 Å². The number of hydrogen-bond acceptors (Lipinski definition) is 2. The number of rotatable bonds is 9. The van der Waals surface area contributed by atoms with Gasteiger partial charge < -0.3 is 9.90 Å². The molecule has 0 aromatic carbocycles. The van der Waals surface area contributed by atoms with Crippen LogP contribution in [0.5, 0.6) is 0 Å². The van der Waals surface area contributed by atoms with Crippen molar-refractivity contribution in [1.29, 1.82) is 0 Å². The first kappa shape index (κ1) is 20.3. The predicted molar refractivity (Wildman–Crippen MR) is 80.0 cm³/mol. The summed E-state index contributed by atoms with van der Waals surface area (Å²) in [6, 6.07) is 0. The Morgan fingerprint density at radius 2 is 1.72 bits per heavy atom. The van der Waals surface area contributed by atoms with Gasteiger partial charge in [-0.3, -0.25) is 0 Å². The van der Waals surface area contributed by atoms with Crippen LogP contribution in [-0.4, -0.2) is 25.7 Å². The van der Waals surface area contributed by atoms with Crippen LogP contribution in [0.1, 0.15) is 53.4 Å². The number of carbonyl (C=O) groups is 1. The summed E-state index contributed by atoms with van der Waals surface area (Å²) < 4.78 is 4.80. The van der Waals surface area contributed by atoms with Crippen molar-refractivity contribution in [2.45, 2.75) is 66.7 Å². The molecule has 0 fully saturated rings. The molecule has 106 valence electrons. The molecule has 0 saturated carbocycles. The van der Waals surface area contributed by atoms with Gasteiger partial charge in [0.2, 0.25) is 0 Å². The van der Waals surface area contributed by atoms with Gasteiger partial charge in [0.1, 0.15) is 0 Å². The Bertz CT molecular complexity index is 199. The van der Waals surface area contributed by atoms with Crippen molar-refractivity contribution < 1.29 is 9.90 Å². The molecule has 0 aliphatic carbocycles. The standard InChI is InChI=1S/C8H17.C3H4O2.2C2H5.Sn/c1-4-5-6-7-8(2)3;1-2-3(4)5;2*1-2;/h8H,1,4-7H2,2-3H3;2H,1H2,(H,4,5);2*1H2,2H3;/q;;;;+1/p-1. The molecule has 3 heteroatoms. The van der Waals surface area contributed by atoms with E-state index in [1.165, 1.54) is 19.3 Å². The zero-order valence-electron chi connectivity index (χ0n) is 12.6. The van der Waals surface area contributed by atoms with Crippen LogP contribution in [-0.2, 0) is 4.79 Å². The monoisotopic (exact) mass is 362 g/mol. The average molecular weight is 361 g/mol. The predicted octanol–water partition coefficient (Wildman–Crippen LogP) is 3.66. The second-order valence-corrected chi connectivity index (χ2v) is 14.7. The van der Waals surface area contributed by atoms with Crippen LogP contribution in [0.25, 0.3) is 0 Å². The topological polar surface area (TPSA) is 40.1 Å². The second-order valence-electron chi connectivity index (χ2n) is 4.97. The molecule has 0 bridgehead atoms. The molecular weight excluding hydrogens is 331 g/mol. The molecule has 2 nitrogen and oxygen atoms in total. The third kappa shape index (κ3) is 18.4. The van der Waals surface area contributed by atoms with Crippen molar-refractivity contribution >= 4 is 25.7 Å². The number of unbranched alkanes of at least 4 members (excludes halogenated alkanes) is 2. The van der Waals surface area contributed by atoms with E-state index in [0.717, 1.165) is 12.0 Å². The third-order valence-corrected chi connectivity index (χ3v) is 11.7. The fourth-order valence-corrected chi connectivity index (χ4v) is 7.29. The van der Waals surface area contributed by atoms with Crippen molar-refractivity contribution in [2.24, 2.45) is 5.92 Å². The van der Waals surface area contributed by atoms with Crippen LogP contribution >= 0.6 is 0 Å². The molecule has 0 rings (SSSR count). The van der Waals surface area contributed by atoms with E-state index in [4.69, 9.17) is 9.90 Å². The van der Waals surface area contributed by atoms with Gasteiger partial charge in [-0.1, -0.05) is 6.58 Å². The third-order valence-electron chi connectivity index (χ3n) is 2.98. The number of carbonyl (C=O) groups excluding carboxylic acids is 1. The van der Waals surface area contributed by atoms with Gasteiger partial charge in [0.25, 0.3) is 0 Å². The van der Waals surface area contributed by atoms with Gasteiger partial charge in [0.15, 0.2) is 0 Å². The molecule has 0 aromatic rings.